The van der Waals surface area contributed by atoms with Crippen LogP contribution in [0, 0.1) is 0 Å². The SMILES string of the molecule is COCCN1C(=O)C(=O)/C(=C(/O)c2ccc(Cl)cc2)[C@H]1c1ccc(O)cc1. The number of likely N-dealkylation sites (tertiary alicyclic amines) is 1. The quantitative estimate of drug-likeness (QED) is 0.467. The lowest BCUT2D eigenvalue weighted by molar-refractivity contribution is -0.140. The molecular weight excluding hydrogens is 370 g/mol. The van der Waals surface area contributed by atoms with Crippen molar-refractivity contribution in [1.82, 2.24) is 4.90 Å². The molecule has 0 bridgehead atoms. The maximum Gasteiger partial charge on any atom is 0.295 e. The first-order valence-corrected chi connectivity index (χ1v) is 8.64. The van der Waals surface area contributed by atoms with Crippen LogP contribution in [0.2, 0.25) is 5.02 Å². The molecule has 0 aromatic heterocycles. The van der Waals surface area contributed by atoms with Crippen molar-refractivity contribution >= 4 is 29.1 Å². The maximum atomic E-state index is 12.7. The van der Waals surface area contributed by atoms with E-state index >= 15 is 0 Å². The van der Waals surface area contributed by atoms with Crippen LogP contribution in [-0.4, -0.2) is 47.1 Å². The summed E-state index contributed by atoms with van der Waals surface area (Å²) >= 11 is 5.88. The Labute approximate surface area is 161 Å². The number of aromatic hydroxyl groups is 1. The number of aliphatic hydroxyl groups excluding tert-OH is 1. The Morgan fingerprint density at radius 3 is 2.33 bits per heavy atom. The molecule has 1 aliphatic heterocycles. The van der Waals surface area contributed by atoms with Crippen molar-refractivity contribution in [2.45, 2.75) is 6.04 Å². The zero-order valence-electron chi connectivity index (χ0n) is 14.6. The van der Waals surface area contributed by atoms with Crippen molar-refractivity contribution in [3.05, 3.63) is 70.3 Å². The van der Waals surface area contributed by atoms with Gasteiger partial charge >= 0.3 is 0 Å². The molecule has 2 aromatic carbocycles. The monoisotopic (exact) mass is 387 g/mol. The van der Waals surface area contributed by atoms with Gasteiger partial charge < -0.3 is 19.8 Å². The van der Waals surface area contributed by atoms with E-state index in [0.717, 1.165) is 0 Å². The number of Topliss-reactive ketones (excluding diaryl/α,β-unsaturated/α-hetero) is 1. The molecule has 6 nitrogen and oxygen atoms in total. The lowest BCUT2D eigenvalue weighted by Gasteiger charge is -2.25. The second kappa shape index (κ2) is 7.82. The molecule has 2 aromatic rings. The summed E-state index contributed by atoms with van der Waals surface area (Å²) in [6.45, 7) is 0.423. The number of amides is 1. The van der Waals surface area contributed by atoms with Crippen LogP contribution in [0.1, 0.15) is 17.2 Å². The van der Waals surface area contributed by atoms with Crippen LogP contribution in [0.3, 0.4) is 0 Å². The van der Waals surface area contributed by atoms with Crippen molar-refractivity contribution in [3.63, 3.8) is 0 Å². The largest absolute Gasteiger partial charge is 0.508 e. The van der Waals surface area contributed by atoms with Gasteiger partial charge in [-0.25, -0.2) is 0 Å². The van der Waals surface area contributed by atoms with Gasteiger partial charge in [-0.3, -0.25) is 9.59 Å². The van der Waals surface area contributed by atoms with E-state index in [9.17, 15) is 19.8 Å². The predicted octanol–water partition coefficient (Wildman–Crippen LogP) is 3.11. The maximum absolute atomic E-state index is 12.7. The van der Waals surface area contributed by atoms with Gasteiger partial charge in [-0.1, -0.05) is 23.7 Å². The molecule has 0 saturated carbocycles. The number of halogens is 1. The molecule has 0 radical (unpaired) electrons. The Morgan fingerprint density at radius 2 is 1.74 bits per heavy atom. The molecule has 7 heteroatoms. The Bertz CT molecular complexity index is 890. The zero-order valence-corrected chi connectivity index (χ0v) is 15.3. The number of phenols is 1. The summed E-state index contributed by atoms with van der Waals surface area (Å²) in [4.78, 5) is 26.6. The number of carbonyl (C=O) groups excluding carboxylic acids is 2. The van der Waals surface area contributed by atoms with E-state index in [1.54, 1.807) is 36.4 Å². The second-order valence-corrected chi connectivity index (χ2v) is 6.52. The molecule has 1 aliphatic rings. The summed E-state index contributed by atoms with van der Waals surface area (Å²) in [5.74, 6) is -1.69. The number of ether oxygens (including phenoxy) is 1. The van der Waals surface area contributed by atoms with E-state index in [1.807, 2.05) is 0 Å². The highest BCUT2D eigenvalue weighted by molar-refractivity contribution is 6.46. The highest BCUT2D eigenvalue weighted by Gasteiger charge is 2.45. The Balaban J connectivity index is 2.14. The van der Waals surface area contributed by atoms with E-state index in [2.05, 4.69) is 0 Å². The van der Waals surface area contributed by atoms with Gasteiger partial charge in [0.25, 0.3) is 11.7 Å². The minimum atomic E-state index is -0.781. The second-order valence-electron chi connectivity index (χ2n) is 6.08. The van der Waals surface area contributed by atoms with Crippen LogP contribution in [0.25, 0.3) is 5.76 Å². The van der Waals surface area contributed by atoms with Crippen molar-refractivity contribution in [2.24, 2.45) is 0 Å². The van der Waals surface area contributed by atoms with Crippen LogP contribution in [0.4, 0.5) is 0 Å². The molecule has 1 amide bonds. The van der Waals surface area contributed by atoms with Gasteiger partial charge in [0.1, 0.15) is 11.5 Å². The number of benzene rings is 2. The zero-order chi connectivity index (χ0) is 19.6. The van der Waals surface area contributed by atoms with E-state index in [-0.39, 0.29) is 30.2 Å². The Hall–Kier alpha value is -2.83. The summed E-state index contributed by atoms with van der Waals surface area (Å²) in [5.41, 5.74) is 0.968. The first-order chi connectivity index (χ1) is 12.9. The fraction of sp³-hybridized carbons (Fsp3) is 0.200. The van der Waals surface area contributed by atoms with Gasteiger partial charge in [0, 0.05) is 24.2 Å². The number of aliphatic hydroxyl groups is 1. The minimum absolute atomic E-state index is 0.0101. The average molecular weight is 388 g/mol. The molecule has 1 heterocycles. The van der Waals surface area contributed by atoms with E-state index in [1.165, 1.54) is 24.1 Å². The first-order valence-electron chi connectivity index (χ1n) is 8.26. The molecule has 1 saturated heterocycles. The highest BCUT2D eigenvalue weighted by atomic mass is 35.5. The minimum Gasteiger partial charge on any atom is -0.508 e. The van der Waals surface area contributed by atoms with Crippen molar-refractivity contribution < 1.29 is 24.5 Å². The molecule has 140 valence electrons. The van der Waals surface area contributed by atoms with Gasteiger partial charge in [-0.15, -0.1) is 0 Å². The average Bonchev–Trinajstić information content (AvgIpc) is 2.91. The number of methoxy groups -OCH3 is 1. The molecule has 1 fully saturated rings. The third-order valence-electron chi connectivity index (χ3n) is 4.40. The van der Waals surface area contributed by atoms with Crippen LogP contribution in [-0.2, 0) is 14.3 Å². The number of hydrogen-bond acceptors (Lipinski definition) is 5. The normalized spacial score (nSPS) is 18.9. The highest BCUT2D eigenvalue weighted by Crippen LogP contribution is 2.39. The number of phenolic OH excluding ortho intramolecular Hbond substituents is 1. The molecule has 0 aliphatic carbocycles. The summed E-state index contributed by atoms with van der Waals surface area (Å²) < 4.78 is 5.05. The fourth-order valence-corrected chi connectivity index (χ4v) is 3.19. The lowest BCUT2D eigenvalue weighted by atomic mass is 9.95. The third kappa shape index (κ3) is 3.67. The standard InChI is InChI=1S/C20H18ClNO5/c1-27-11-10-22-17(12-4-8-15(23)9-5-12)16(19(25)20(22)26)18(24)13-2-6-14(21)7-3-13/h2-9,17,23-24H,10-11H2,1H3/b18-16+/t17-/m1/s1. The lowest BCUT2D eigenvalue weighted by Crippen LogP contribution is -2.32. The molecule has 1 atom stereocenters. The summed E-state index contributed by atoms with van der Waals surface area (Å²) in [6, 6.07) is 11.7. The molecule has 0 unspecified atom stereocenters. The number of ketones is 1. The molecule has 0 spiro atoms. The van der Waals surface area contributed by atoms with Gasteiger partial charge in [0.05, 0.1) is 18.2 Å². The van der Waals surface area contributed by atoms with Crippen LogP contribution < -0.4 is 0 Å². The van der Waals surface area contributed by atoms with E-state index < -0.39 is 17.7 Å². The summed E-state index contributed by atoms with van der Waals surface area (Å²) in [6.07, 6.45) is 0. The van der Waals surface area contributed by atoms with Crippen molar-refractivity contribution in [1.29, 1.82) is 0 Å². The smallest absolute Gasteiger partial charge is 0.295 e. The Morgan fingerprint density at radius 1 is 1.11 bits per heavy atom. The summed E-state index contributed by atoms with van der Waals surface area (Å²) in [5, 5.41) is 20.8. The molecule has 2 N–H and O–H groups in total. The topological polar surface area (TPSA) is 87.1 Å². The number of carbonyl (C=O) groups is 2. The predicted molar refractivity (Wildman–Crippen MR) is 100 cm³/mol. The van der Waals surface area contributed by atoms with Crippen LogP contribution >= 0.6 is 11.6 Å². The van der Waals surface area contributed by atoms with Gasteiger partial charge in [0.15, 0.2) is 0 Å². The van der Waals surface area contributed by atoms with Crippen LogP contribution in [0.5, 0.6) is 5.75 Å². The van der Waals surface area contributed by atoms with Gasteiger partial charge in [-0.05, 0) is 42.0 Å². The first kappa shape index (κ1) is 18.9. The number of nitrogens with zero attached hydrogens (tertiary/aromatic N) is 1. The molecule has 27 heavy (non-hydrogen) atoms. The van der Waals surface area contributed by atoms with Crippen molar-refractivity contribution in [2.75, 3.05) is 20.3 Å². The van der Waals surface area contributed by atoms with Crippen molar-refractivity contribution in [3.8, 4) is 5.75 Å². The van der Waals surface area contributed by atoms with Gasteiger partial charge in [-0.2, -0.15) is 0 Å². The number of rotatable bonds is 5. The molecule has 3 rings (SSSR count). The number of hydrogen-bond donors (Lipinski definition) is 2. The van der Waals surface area contributed by atoms with Gasteiger partial charge in [0.2, 0.25) is 0 Å². The summed E-state index contributed by atoms with van der Waals surface area (Å²) in [7, 11) is 1.50. The fourth-order valence-electron chi connectivity index (χ4n) is 3.07. The van der Waals surface area contributed by atoms with Crippen LogP contribution in [0.15, 0.2) is 54.1 Å². The molecular formula is C20H18ClNO5. The van der Waals surface area contributed by atoms with E-state index in [4.69, 9.17) is 16.3 Å². The van der Waals surface area contributed by atoms with E-state index in [0.29, 0.717) is 16.1 Å². The Kier molecular flexibility index (Phi) is 5.48. The third-order valence-corrected chi connectivity index (χ3v) is 4.65.